The van der Waals surface area contributed by atoms with Crippen LogP contribution in [0.25, 0.3) is 0 Å². The van der Waals surface area contributed by atoms with Crippen molar-refractivity contribution in [1.29, 1.82) is 0 Å². The lowest BCUT2D eigenvalue weighted by atomic mass is 9.87. The van der Waals surface area contributed by atoms with Gasteiger partial charge in [-0.05, 0) is 43.9 Å². The maximum atomic E-state index is 12.7. The van der Waals surface area contributed by atoms with E-state index >= 15 is 0 Å². The van der Waals surface area contributed by atoms with Gasteiger partial charge in [0.15, 0.2) is 5.78 Å². The van der Waals surface area contributed by atoms with Gasteiger partial charge in [-0.1, -0.05) is 43.0 Å². The van der Waals surface area contributed by atoms with Gasteiger partial charge in [0.05, 0.1) is 15.8 Å². The molecule has 0 aromatic heterocycles. The first kappa shape index (κ1) is 25.9. The normalized spacial score (nSPS) is 20.1. The standard InChI is InChI=1S/C21H30Cl2N2O3S.ClH/c1-2-15-29(27,28)25-13-11-24(12-14-25)21(8-3-4-9-21)10-7-20(26)17-5-6-18(22)19(23)16-17;/h5-6,16H,2-4,7-15H2,1H3;1H. The van der Waals surface area contributed by atoms with E-state index in [4.69, 9.17) is 23.2 Å². The Morgan fingerprint density at radius 2 is 1.70 bits per heavy atom. The highest BCUT2D eigenvalue weighted by atomic mass is 35.5. The molecule has 1 aliphatic heterocycles. The zero-order chi connectivity index (χ0) is 21.1. The number of hydrogen-bond donors (Lipinski definition) is 0. The number of sulfonamides is 1. The summed E-state index contributed by atoms with van der Waals surface area (Å²) in [5, 5.41) is 0.851. The zero-order valence-corrected chi connectivity index (χ0v) is 20.6. The fourth-order valence-corrected chi connectivity index (χ4v) is 6.54. The fourth-order valence-electron chi connectivity index (χ4n) is 4.75. The Labute approximate surface area is 196 Å². The molecule has 0 amide bonds. The molecule has 1 aromatic carbocycles. The molecule has 1 aliphatic carbocycles. The van der Waals surface area contributed by atoms with Crippen molar-refractivity contribution < 1.29 is 13.2 Å². The quantitative estimate of drug-likeness (QED) is 0.472. The first-order valence-corrected chi connectivity index (χ1v) is 12.8. The fraction of sp³-hybridized carbons (Fsp3) is 0.667. The highest BCUT2D eigenvalue weighted by molar-refractivity contribution is 7.89. The second kappa shape index (κ2) is 11.0. The lowest BCUT2D eigenvalue weighted by Gasteiger charge is -2.46. The number of carbonyl (C=O) groups excluding carboxylic acids is 1. The summed E-state index contributed by atoms with van der Waals surface area (Å²) in [6.07, 6.45) is 6.38. The molecule has 5 nitrogen and oxygen atoms in total. The van der Waals surface area contributed by atoms with Crippen molar-refractivity contribution in [2.24, 2.45) is 0 Å². The van der Waals surface area contributed by atoms with Crippen LogP contribution in [0.5, 0.6) is 0 Å². The average Bonchev–Trinajstić information content (AvgIpc) is 3.18. The lowest BCUT2D eigenvalue weighted by molar-refractivity contribution is 0.0476. The number of rotatable bonds is 8. The summed E-state index contributed by atoms with van der Waals surface area (Å²) in [6, 6.07) is 5.04. The second-order valence-electron chi connectivity index (χ2n) is 8.19. The maximum absolute atomic E-state index is 12.7. The molecule has 1 aromatic rings. The predicted octanol–water partition coefficient (Wildman–Crippen LogP) is 5.05. The molecule has 170 valence electrons. The van der Waals surface area contributed by atoms with Crippen LogP contribution >= 0.6 is 35.6 Å². The number of carbonyl (C=O) groups is 1. The van der Waals surface area contributed by atoms with Gasteiger partial charge in [-0.25, -0.2) is 8.42 Å². The van der Waals surface area contributed by atoms with E-state index in [-0.39, 0.29) is 29.5 Å². The smallest absolute Gasteiger partial charge is 0.214 e. The molecule has 1 heterocycles. The molecule has 0 atom stereocenters. The summed E-state index contributed by atoms with van der Waals surface area (Å²) >= 11 is 12.0. The van der Waals surface area contributed by atoms with Crippen LogP contribution in [0.2, 0.25) is 10.0 Å². The van der Waals surface area contributed by atoms with Gasteiger partial charge in [0.2, 0.25) is 10.0 Å². The number of benzene rings is 1. The summed E-state index contributed by atoms with van der Waals surface area (Å²) < 4.78 is 26.4. The molecule has 1 saturated heterocycles. The minimum atomic E-state index is -3.14. The van der Waals surface area contributed by atoms with Gasteiger partial charge in [0.1, 0.15) is 0 Å². The van der Waals surface area contributed by atoms with E-state index in [1.807, 2.05) is 6.92 Å². The van der Waals surface area contributed by atoms with E-state index in [1.165, 1.54) is 0 Å². The maximum Gasteiger partial charge on any atom is 0.214 e. The van der Waals surface area contributed by atoms with Gasteiger partial charge in [-0.15, -0.1) is 12.4 Å². The largest absolute Gasteiger partial charge is 0.295 e. The Morgan fingerprint density at radius 1 is 1.07 bits per heavy atom. The Balaban J connectivity index is 0.00000320. The Kier molecular flexibility index (Phi) is 9.47. The van der Waals surface area contributed by atoms with E-state index < -0.39 is 10.0 Å². The van der Waals surface area contributed by atoms with Crippen LogP contribution in [0.4, 0.5) is 0 Å². The van der Waals surface area contributed by atoms with Crippen LogP contribution in [-0.2, 0) is 10.0 Å². The topological polar surface area (TPSA) is 57.7 Å². The van der Waals surface area contributed by atoms with Gasteiger partial charge in [0.25, 0.3) is 0 Å². The third-order valence-electron chi connectivity index (χ3n) is 6.36. The van der Waals surface area contributed by atoms with Crippen LogP contribution in [-0.4, -0.2) is 60.9 Å². The van der Waals surface area contributed by atoms with Crippen molar-refractivity contribution in [3.05, 3.63) is 33.8 Å². The molecule has 0 spiro atoms. The monoisotopic (exact) mass is 496 g/mol. The molecular formula is C21H31Cl3N2O3S. The molecule has 0 radical (unpaired) electrons. The summed E-state index contributed by atoms with van der Waals surface area (Å²) in [5.74, 6) is 0.301. The molecule has 1 saturated carbocycles. The van der Waals surface area contributed by atoms with Crippen molar-refractivity contribution in [2.75, 3.05) is 31.9 Å². The van der Waals surface area contributed by atoms with E-state index in [1.54, 1.807) is 22.5 Å². The first-order valence-electron chi connectivity index (χ1n) is 10.5. The number of Topliss-reactive ketones (excluding diaryl/α,β-unsaturated/α-hetero) is 1. The molecular weight excluding hydrogens is 467 g/mol. The van der Waals surface area contributed by atoms with Gasteiger partial charge in [0, 0.05) is 43.7 Å². The Bertz CT molecular complexity index is 834. The highest BCUT2D eigenvalue weighted by Crippen LogP contribution is 2.40. The number of hydrogen-bond acceptors (Lipinski definition) is 4. The number of ketones is 1. The van der Waals surface area contributed by atoms with Crippen LogP contribution in [0, 0.1) is 0 Å². The van der Waals surface area contributed by atoms with Gasteiger partial charge in [-0.2, -0.15) is 4.31 Å². The SMILES string of the molecule is CCCS(=O)(=O)N1CCN(C2(CCC(=O)c3ccc(Cl)c(Cl)c3)CCCC2)CC1.Cl. The van der Waals surface area contributed by atoms with Gasteiger partial charge >= 0.3 is 0 Å². The molecule has 9 heteroatoms. The molecule has 30 heavy (non-hydrogen) atoms. The minimum absolute atomic E-state index is 0. The minimum Gasteiger partial charge on any atom is -0.295 e. The summed E-state index contributed by atoms with van der Waals surface area (Å²) in [4.78, 5) is 15.2. The summed E-state index contributed by atoms with van der Waals surface area (Å²) in [7, 11) is -3.14. The summed E-state index contributed by atoms with van der Waals surface area (Å²) in [6.45, 7) is 4.47. The van der Waals surface area contributed by atoms with Crippen molar-refractivity contribution in [2.45, 2.75) is 57.4 Å². The molecule has 0 unspecified atom stereocenters. The average molecular weight is 498 g/mol. The van der Waals surface area contributed by atoms with Crippen molar-refractivity contribution in [3.63, 3.8) is 0 Å². The number of piperazine rings is 1. The van der Waals surface area contributed by atoms with Gasteiger partial charge in [-0.3, -0.25) is 9.69 Å². The third kappa shape index (κ3) is 5.90. The van der Waals surface area contributed by atoms with Crippen molar-refractivity contribution >= 4 is 51.4 Å². The first-order chi connectivity index (χ1) is 13.8. The van der Waals surface area contributed by atoms with Crippen LogP contribution in [0.15, 0.2) is 18.2 Å². The van der Waals surface area contributed by atoms with Crippen molar-refractivity contribution in [3.8, 4) is 0 Å². The predicted molar refractivity (Wildman–Crippen MR) is 126 cm³/mol. The number of nitrogens with zero attached hydrogens (tertiary/aromatic N) is 2. The highest BCUT2D eigenvalue weighted by Gasteiger charge is 2.41. The van der Waals surface area contributed by atoms with Crippen molar-refractivity contribution in [1.82, 2.24) is 9.21 Å². The van der Waals surface area contributed by atoms with E-state index in [0.717, 1.165) is 45.2 Å². The molecule has 2 aliphatic rings. The molecule has 0 N–H and O–H groups in total. The van der Waals surface area contributed by atoms with Crippen LogP contribution in [0.1, 0.15) is 62.2 Å². The van der Waals surface area contributed by atoms with E-state index in [9.17, 15) is 13.2 Å². The Morgan fingerprint density at radius 3 is 2.27 bits per heavy atom. The Hall–Kier alpha value is -0.370. The van der Waals surface area contributed by atoms with E-state index in [0.29, 0.717) is 41.5 Å². The van der Waals surface area contributed by atoms with Crippen LogP contribution < -0.4 is 0 Å². The zero-order valence-electron chi connectivity index (χ0n) is 17.4. The summed E-state index contributed by atoms with van der Waals surface area (Å²) in [5.41, 5.74) is 0.606. The molecule has 2 fully saturated rings. The molecule has 0 bridgehead atoms. The number of halogens is 3. The van der Waals surface area contributed by atoms with Gasteiger partial charge < -0.3 is 0 Å². The van der Waals surface area contributed by atoms with Crippen LogP contribution in [0.3, 0.4) is 0 Å². The second-order valence-corrected chi connectivity index (χ2v) is 11.1. The molecule has 3 rings (SSSR count). The van der Waals surface area contributed by atoms with E-state index in [2.05, 4.69) is 4.90 Å². The lowest BCUT2D eigenvalue weighted by Crippen LogP contribution is -2.57. The third-order valence-corrected chi connectivity index (χ3v) is 9.17.